The summed E-state index contributed by atoms with van der Waals surface area (Å²) in [7, 11) is 0. The van der Waals surface area contributed by atoms with Crippen molar-refractivity contribution in [3.63, 3.8) is 0 Å². The Kier molecular flexibility index (Phi) is 2.01. The van der Waals surface area contributed by atoms with Crippen LogP contribution in [-0.2, 0) is 0 Å². The molecule has 2 saturated carbocycles. The molecule has 2 nitrogen and oxygen atoms in total. The van der Waals surface area contributed by atoms with E-state index >= 15 is 0 Å². The van der Waals surface area contributed by atoms with Crippen molar-refractivity contribution >= 4 is 5.84 Å². The molecule has 1 aromatic carbocycles. The van der Waals surface area contributed by atoms with Crippen molar-refractivity contribution in [2.24, 2.45) is 16.6 Å². The third kappa shape index (κ3) is 1.89. The normalized spacial score (nSPS) is 30.3. The molecule has 2 aliphatic carbocycles. The first-order valence-electron chi connectivity index (χ1n) is 5.72. The van der Waals surface area contributed by atoms with Gasteiger partial charge in [-0.1, -0.05) is 30.3 Å². The van der Waals surface area contributed by atoms with Crippen LogP contribution >= 0.6 is 0 Å². The van der Waals surface area contributed by atoms with Crippen molar-refractivity contribution in [1.29, 1.82) is 0 Å². The van der Waals surface area contributed by atoms with Gasteiger partial charge in [0.25, 0.3) is 0 Å². The summed E-state index contributed by atoms with van der Waals surface area (Å²) >= 11 is 0. The second kappa shape index (κ2) is 3.37. The molecule has 3 rings (SSSR count). The zero-order valence-corrected chi connectivity index (χ0v) is 8.76. The van der Waals surface area contributed by atoms with Crippen LogP contribution in [0.3, 0.4) is 0 Å². The van der Waals surface area contributed by atoms with Crippen LogP contribution in [-0.4, -0.2) is 11.9 Å². The molecule has 0 radical (unpaired) electrons. The van der Waals surface area contributed by atoms with Crippen LogP contribution in [0.4, 0.5) is 0 Å². The Morgan fingerprint density at radius 1 is 1.20 bits per heavy atom. The average Bonchev–Trinajstić information content (AvgIpc) is 3.14. The molecule has 1 aromatic rings. The van der Waals surface area contributed by atoms with Gasteiger partial charge in [-0.3, -0.25) is 4.99 Å². The van der Waals surface area contributed by atoms with E-state index in [0.717, 1.165) is 5.84 Å². The molecule has 2 atom stereocenters. The molecule has 2 N–H and O–H groups in total. The minimum Gasteiger partial charge on any atom is -0.387 e. The van der Waals surface area contributed by atoms with Crippen molar-refractivity contribution in [3.05, 3.63) is 35.9 Å². The van der Waals surface area contributed by atoms with Crippen molar-refractivity contribution < 1.29 is 0 Å². The monoisotopic (exact) mass is 200 g/mol. The average molecular weight is 200 g/mol. The molecule has 2 unspecified atom stereocenters. The number of benzene rings is 1. The Hall–Kier alpha value is -1.31. The maximum atomic E-state index is 5.91. The van der Waals surface area contributed by atoms with Gasteiger partial charge in [0.2, 0.25) is 0 Å². The number of aliphatic imine (C=N–C) groups is 1. The van der Waals surface area contributed by atoms with Gasteiger partial charge in [0.05, 0.1) is 11.9 Å². The number of nitrogens with zero attached hydrogens (tertiary/aromatic N) is 1. The highest BCUT2D eigenvalue weighted by molar-refractivity contribution is 5.85. The summed E-state index contributed by atoms with van der Waals surface area (Å²) in [6.07, 6.45) is 3.67. The van der Waals surface area contributed by atoms with Crippen molar-refractivity contribution in [2.45, 2.75) is 31.2 Å². The molecule has 2 fully saturated rings. The molecule has 0 aromatic heterocycles. The highest BCUT2D eigenvalue weighted by Gasteiger charge is 2.39. The second-order valence-corrected chi connectivity index (χ2v) is 4.65. The second-order valence-electron chi connectivity index (χ2n) is 4.65. The van der Waals surface area contributed by atoms with E-state index in [1.165, 1.54) is 24.8 Å². The van der Waals surface area contributed by atoms with Crippen LogP contribution in [0, 0.1) is 5.92 Å². The van der Waals surface area contributed by atoms with Crippen LogP contribution in [0.2, 0.25) is 0 Å². The summed E-state index contributed by atoms with van der Waals surface area (Å²) in [5.41, 5.74) is 7.32. The molecule has 2 aliphatic rings. The van der Waals surface area contributed by atoms with E-state index in [-0.39, 0.29) is 0 Å². The number of nitrogens with two attached hydrogens (primary N) is 1. The lowest BCUT2D eigenvalue weighted by atomic mass is 10.1. The van der Waals surface area contributed by atoms with Crippen LogP contribution in [0.5, 0.6) is 0 Å². The quantitative estimate of drug-likeness (QED) is 0.590. The van der Waals surface area contributed by atoms with Gasteiger partial charge < -0.3 is 5.73 Å². The standard InChI is InChI=1S/C13H16N2/c14-13(10-6-7-10)15-12-8-11(12)9-4-2-1-3-5-9/h1-5,10-12H,6-8H2,(H2,14,15). The van der Waals surface area contributed by atoms with Crippen molar-refractivity contribution in [2.75, 3.05) is 0 Å². The first-order chi connectivity index (χ1) is 7.34. The predicted octanol–water partition coefficient (Wildman–Crippen LogP) is 2.31. The van der Waals surface area contributed by atoms with Gasteiger partial charge in [-0.25, -0.2) is 0 Å². The molecule has 0 bridgehead atoms. The van der Waals surface area contributed by atoms with Gasteiger partial charge in [-0.05, 0) is 24.8 Å². The zero-order chi connectivity index (χ0) is 10.3. The zero-order valence-electron chi connectivity index (χ0n) is 8.76. The largest absolute Gasteiger partial charge is 0.387 e. The van der Waals surface area contributed by atoms with Crippen molar-refractivity contribution in [3.8, 4) is 0 Å². The molecule has 0 heterocycles. The van der Waals surface area contributed by atoms with Gasteiger partial charge in [0, 0.05) is 11.8 Å². The van der Waals surface area contributed by atoms with E-state index in [4.69, 9.17) is 5.73 Å². The number of hydrogen-bond donors (Lipinski definition) is 1. The minimum atomic E-state index is 0.466. The van der Waals surface area contributed by atoms with Crippen LogP contribution in [0.1, 0.15) is 30.7 Å². The smallest absolute Gasteiger partial charge is 0.0972 e. The van der Waals surface area contributed by atoms with Crippen LogP contribution in [0.25, 0.3) is 0 Å². The molecule has 78 valence electrons. The van der Waals surface area contributed by atoms with Crippen LogP contribution in [0.15, 0.2) is 35.3 Å². The summed E-state index contributed by atoms with van der Waals surface area (Å²) in [5, 5.41) is 0. The fourth-order valence-electron chi connectivity index (χ4n) is 2.06. The molecule has 0 saturated heterocycles. The van der Waals surface area contributed by atoms with E-state index in [2.05, 4.69) is 35.3 Å². The lowest BCUT2D eigenvalue weighted by Crippen LogP contribution is -2.14. The molecule has 2 heteroatoms. The number of amidine groups is 1. The SMILES string of the molecule is NC(=NC1CC1c1ccccc1)C1CC1. The van der Waals surface area contributed by atoms with E-state index in [9.17, 15) is 0 Å². The topological polar surface area (TPSA) is 38.4 Å². The summed E-state index contributed by atoms with van der Waals surface area (Å²) < 4.78 is 0. The molecule has 15 heavy (non-hydrogen) atoms. The first-order valence-corrected chi connectivity index (χ1v) is 5.72. The third-order valence-electron chi connectivity index (χ3n) is 3.30. The van der Waals surface area contributed by atoms with Gasteiger partial charge in [-0.2, -0.15) is 0 Å². The minimum absolute atomic E-state index is 0.466. The fourth-order valence-corrected chi connectivity index (χ4v) is 2.06. The Bertz CT molecular complexity index is 379. The van der Waals surface area contributed by atoms with E-state index in [1.54, 1.807) is 0 Å². The van der Waals surface area contributed by atoms with Gasteiger partial charge >= 0.3 is 0 Å². The highest BCUT2D eigenvalue weighted by atomic mass is 14.9. The Balaban J connectivity index is 1.67. The summed E-state index contributed by atoms with van der Waals surface area (Å²) in [5.74, 6) is 2.14. The number of hydrogen-bond acceptors (Lipinski definition) is 1. The van der Waals surface area contributed by atoms with E-state index in [1.807, 2.05) is 0 Å². The maximum absolute atomic E-state index is 5.91. The van der Waals surface area contributed by atoms with Gasteiger partial charge in [0.1, 0.15) is 0 Å². The fraction of sp³-hybridized carbons (Fsp3) is 0.462. The molecule has 0 amide bonds. The molecule has 0 aliphatic heterocycles. The molecular weight excluding hydrogens is 184 g/mol. The Morgan fingerprint density at radius 3 is 2.60 bits per heavy atom. The Labute approximate surface area is 90.2 Å². The van der Waals surface area contributed by atoms with Gasteiger partial charge in [-0.15, -0.1) is 0 Å². The summed E-state index contributed by atoms with van der Waals surface area (Å²) in [6, 6.07) is 11.1. The first kappa shape index (κ1) is 8.96. The number of rotatable bonds is 3. The lowest BCUT2D eigenvalue weighted by Gasteiger charge is -1.98. The van der Waals surface area contributed by atoms with E-state index in [0.29, 0.717) is 17.9 Å². The predicted molar refractivity (Wildman–Crippen MR) is 61.9 cm³/mol. The Morgan fingerprint density at radius 2 is 1.93 bits per heavy atom. The highest BCUT2D eigenvalue weighted by Crippen LogP contribution is 2.44. The summed E-state index contributed by atoms with van der Waals surface area (Å²) in [6.45, 7) is 0. The summed E-state index contributed by atoms with van der Waals surface area (Å²) in [4.78, 5) is 4.60. The molecular formula is C13H16N2. The maximum Gasteiger partial charge on any atom is 0.0972 e. The van der Waals surface area contributed by atoms with E-state index < -0.39 is 0 Å². The lowest BCUT2D eigenvalue weighted by molar-refractivity contribution is 0.963. The molecule has 0 spiro atoms. The third-order valence-corrected chi connectivity index (χ3v) is 3.30. The van der Waals surface area contributed by atoms with Crippen molar-refractivity contribution in [1.82, 2.24) is 0 Å². The van der Waals surface area contributed by atoms with Gasteiger partial charge in [0.15, 0.2) is 0 Å². The van der Waals surface area contributed by atoms with Crippen LogP contribution < -0.4 is 5.73 Å².